The molecule has 0 heterocycles. The Hall–Kier alpha value is -2.32. The highest BCUT2D eigenvalue weighted by Gasteiger charge is 2.05. The SMILES string of the molecule is N#Cc1ccc2[c]cccc2c1C#N. The van der Waals surface area contributed by atoms with E-state index in [4.69, 9.17) is 10.5 Å². The molecule has 0 atom stereocenters. The van der Waals surface area contributed by atoms with E-state index in [0.717, 1.165) is 10.8 Å². The van der Waals surface area contributed by atoms with Crippen molar-refractivity contribution in [1.82, 2.24) is 0 Å². The van der Waals surface area contributed by atoms with E-state index >= 15 is 0 Å². The first-order chi connectivity index (χ1) is 6.86. The molecule has 2 aromatic rings. The van der Waals surface area contributed by atoms with E-state index in [0.29, 0.717) is 11.1 Å². The molecule has 2 aromatic carbocycles. The summed E-state index contributed by atoms with van der Waals surface area (Å²) in [4.78, 5) is 0. The van der Waals surface area contributed by atoms with Gasteiger partial charge in [0.1, 0.15) is 12.1 Å². The van der Waals surface area contributed by atoms with Crippen molar-refractivity contribution in [2.75, 3.05) is 0 Å². The second kappa shape index (κ2) is 3.20. The fourth-order valence-electron chi connectivity index (χ4n) is 1.41. The summed E-state index contributed by atoms with van der Waals surface area (Å²) in [6.07, 6.45) is 0. The number of hydrogen-bond acceptors (Lipinski definition) is 2. The van der Waals surface area contributed by atoms with E-state index in [-0.39, 0.29) is 0 Å². The van der Waals surface area contributed by atoms with Crippen molar-refractivity contribution in [2.24, 2.45) is 0 Å². The van der Waals surface area contributed by atoms with Gasteiger partial charge in [0.05, 0.1) is 11.1 Å². The molecule has 0 fully saturated rings. The predicted octanol–water partition coefficient (Wildman–Crippen LogP) is 2.38. The Bertz CT molecular complexity index is 571. The summed E-state index contributed by atoms with van der Waals surface area (Å²) in [5, 5.41) is 19.4. The minimum atomic E-state index is 0.416. The number of rotatable bonds is 0. The standard InChI is InChI=1S/C12H5N2/c13-7-10-6-5-9-3-1-2-4-11(9)12(10)8-14/h1-2,4-6H. The molecule has 1 radical (unpaired) electrons. The molecule has 2 nitrogen and oxygen atoms in total. The first kappa shape index (κ1) is 8.29. The van der Waals surface area contributed by atoms with Crippen LogP contribution in [0.2, 0.25) is 0 Å². The molecule has 0 saturated heterocycles. The highest BCUT2D eigenvalue weighted by molar-refractivity contribution is 5.89. The monoisotopic (exact) mass is 177 g/mol. The molecule has 0 aliphatic rings. The maximum Gasteiger partial charge on any atom is 0.101 e. The summed E-state index contributed by atoms with van der Waals surface area (Å²) >= 11 is 0. The number of fused-ring (bicyclic) bond motifs is 1. The first-order valence-corrected chi connectivity index (χ1v) is 4.10. The molecule has 0 spiro atoms. The zero-order valence-corrected chi connectivity index (χ0v) is 7.28. The molecule has 0 N–H and O–H groups in total. The van der Waals surface area contributed by atoms with Gasteiger partial charge >= 0.3 is 0 Å². The van der Waals surface area contributed by atoms with Crippen molar-refractivity contribution >= 4 is 10.8 Å². The lowest BCUT2D eigenvalue weighted by molar-refractivity contribution is 1.45. The van der Waals surface area contributed by atoms with E-state index in [1.807, 2.05) is 24.3 Å². The Kier molecular flexibility index (Phi) is 1.89. The van der Waals surface area contributed by atoms with Gasteiger partial charge in [-0.05, 0) is 17.5 Å². The van der Waals surface area contributed by atoms with Gasteiger partial charge < -0.3 is 0 Å². The van der Waals surface area contributed by atoms with E-state index in [2.05, 4.69) is 6.07 Å². The van der Waals surface area contributed by atoms with Gasteiger partial charge in [-0.25, -0.2) is 0 Å². The van der Waals surface area contributed by atoms with E-state index < -0.39 is 0 Å². The van der Waals surface area contributed by atoms with Crippen molar-refractivity contribution in [3.8, 4) is 12.1 Å². The van der Waals surface area contributed by atoms with Crippen LogP contribution in [0, 0.1) is 28.7 Å². The van der Waals surface area contributed by atoms with Gasteiger partial charge in [-0.2, -0.15) is 10.5 Å². The van der Waals surface area contributed by atoms with Crippen molar-refractivity contribution in [3.63, 3.8) is 0 Å². The quantitative estimate of drug-likeness (QED) is 0.620. The third kappa shape index (κ3) is 1.11. The zero-order valence-electron chi connectivity index (χ0n) is 7.28. The summed E-state index contributed by atoms with van der Waals surface area (Å²) in [6.45, 7) is 0. The Labute approximate surface area is 81.6 Å². The van der Waals surface area contributed by atoms with Gasteiger partial charge in [-0.3, -0.25) is 0 Å². The van der Waals surface area contributed by atoms with Crippen LogP contribution >= 0.6 is 0 Å². The van der Waals surface area contributed by atoms with E-state index in [9.17, 15) is 0 Å². The number of hydrogen-bond donors (Lipinski definition) is 0. The van der Waals surface area contributed by atoms with E-state index in [1.54, 1.807) is 18.2 Å². The Morgan fingerprint density at radius 1 is 1.07 bits per heavy atom. The first-order valence-electron chi connectivity index (χ1n) is 4.10. The molecule has 0 amide bonds. The minimum absolute atomic E-state index is 0.416. The Morgan fingerprint density at radius 2 is 1.93 bits per heavy atom. The largest absolute Gasteiger partial charge is 0.192 e. The Balaban J connectivity index is 2.94. The van der Waals surface area contributed by atoms with Crippen LogP contribution in [0.4, 0.5) is 0 Å². The van der Waals surface area contributed by atoms with Gasteiger partial charge in [0.15, 0.2) is 0 Å². The minimum Gasteiger partial charge on any atom is -0.192 e. The van der Waals surface area contributed by atoms with Crippen LogP contribution in [-0.4, -0.2) is 0 Å². The summed E-state index contributed by atoms with van der Waals surface area (Å²) in [5.74, 6) is 0. The maximum atomic E-state index is 8.93. The molecular weight excluding hydrogens is 172 g/mol. The van der Waals surface area contributed by atoms with Gasteiger partial charge in [0.2, 0.25) is 0 Å². The fraction of sp³-hybridized carbons (Fsp3) is 0. The average molecular weight is 177 g/mol. The molecule has 2 rings (SSSR count). The van der Waals surface area contributed by atoms with Crippen molar-refractivity contribution in [2.45, 2.75) is 0 Å². The average Bonchev–Trinajstić information content (AvgIpc) is 2.27. The van der Waals surface area contributed by atoms with Crippen molar-refractivity contribution < 1.29 is 0 Å². The van der Waals surface area contributed by atoms with Crippen LogP contribution in [0.25, 0.3) is 10.8 Å². The molecule has 0 aliphatic heterocycles. The number of nitrogens with zero attached hydrogens (tertiary/aromatic N) is 2. The molecule has 0 unspecified atom stereocenters. The van der Waals surface area contributed by atoms with Crippen molar-refractivity contribution in [1.29, 1.82) is 10.5 Å². The lowest BCUT2D eigenvalue weighted by Crippen LogP contribution is -1.85. The van der Waals surface area contributed by atoms with E-state index in [1.165, 1.54) is 0 Å². The van der Waals surface area contributed by atoms with Crippen LogP contribution in [0.3, 0.4) is 0 Å². The van der Waals surface area contributed by atoms with Crippen LogP contribution in [0.5, 0.6) is 0 Å². The van der Waals surface area contributed by atoms with Crippen LogP contribution in [0.1, 0.15) is 11.1 Å². The highest BCUT2D eigenvalue weighted by Crippen LogP contribution is 2.20. The van der Waals surface area contributed by atoms with Gasteiger partial charge in [-0.1, -0.05) is 24.3 Å². The maximum absolute atomic E-state index is 8.93. The molecule has 0 aromatic heterocycles. The van der Waals surface area contributed by atoms with Gasteiger partial charge in [-0.15, -0.1) is 0 Å². The third-order valence-corrected chi connectivity index (χ3v) is 2.08. The molecule has 0 aliphatic carbocycles. The topological polar surface area (TPSA) is 47.6 Å². The number of benzene rings is 2. The molecule has 14 heavy (non-hydrogen) atoms. The Morgan fingerprint density at radius 3 is 2.64 bits per heavy atom. The second-order valence-corrected chi connectivity index (χ2v) is 2.84. The second-order valence-electron chi connectivity index (χ2n) is 2.84. The molecule has 0 saturated carbocycles. The molecule has 2 heteroatoms. The summed E-state index contributed by atoms with van der Waals surface area (Å²) in [5.41, 5.74) is 0.849. The lowest BCUT2D eigenvalue weighted by Gasteiger charge is -2.00. The lowest BCUT2D eigenvalue weighted by atomic mass is 10.0. The number of nitriles is 2. The van der Waals surface area contributed by atoms with Crippen molar-refractivity contribution in [3.05, 3.63) is 47.5 Å². The molecular formula is C12H5N2. The fourth-order valence-corrected chi connectivity index (χ4v) is 1.41. The summed E-state index contributed by atoms with van der Waals surface area (Å²) in [7, 11) is 0. The van der Waals surface area contributed by atoms with Crippen LogP contribution in [0.15, 0.2) is 30.3 Å². The summed E-state index contributed by atoms with van der Waals surface area (Å²) in [6, 6.07) is 15.9. The summed E-state index contributed by atoms with van der Waals surface area (Å²) < 4.78 is 0. The molecule has 63 valence electrons. The zero-order chi connectivity index (χ0) is 9.97. The molecule has 0 bridgehead atoms. The normalized spacial score (nSPS) is 9.29. The van der Waals surface area contributed by atoms with Crippen LogP contribution < -0.4 is 0 Å². The van der Waals surface area contributed by atoms with Gasteiger partial charge in [0.25, 0.3) is 0 Å². The van der Waals surface area contributed by atoms with Crippen LogP contribution in [-0.2, 0) is 0 Å². The highest BCUT2D eigenvalue weighted by atomic mass is 14.3. The third-order valence-electron chi connectivity index (χ3n) is 2.08. The predicted molar refractivity (Wildman–Crippen MR) is 52.2 cm³/mol. The van der Waals surface area contributed by atoms with Gasteiger partial charge in [0, 0.05) is 5.39 Å². The smallest absolute Gasteiger partial charge is 0.101 e.